The summed E-state index contributed by atoms with van der Waals surface area (Å²) in [6, 6.07) is 37.2. The van der Waals surface area contributed by atoms with Crippen LogP contribution >= 0.6 is 11.3 Å². The molecule has 0 atom stereocenters. The molecule has 0 aliphatic carbocycles. The molecule has 0 saturated carbocycles. The van der Waals surface area contributed by atoms with Gasteiger partial charge in [-0.2, -0.15) is 0 Å². The minimum absolute atomic E-state index is 0.613. The lowest BCUT2D eigenvalue weighted by atomic mass is 10.0. The van der Waals surface area contributed by atoms with Crippen LogP contribution in [0.1, 0.15) is 0 Å². The predicted octanol–water partition coefficient (Wildman–Crippen LogP) is 9.69. The van der Waals surface area contributed by atoms with Crippen molar-refractivity contribution < 1.29 is 4.42 Å². The molecule has 5 aromatic carbocycles. The molecule has 0 spiro atoms. The Labute approximate surface area is 243 Å². The van der Waals surface area contributed by atoms with E-state index in [4.69, 9.17) is 19.4 Å². The molecule has 9 aromatic rings. The van der Waals surface area contributed by atoms with Crippen LogP contribution in [0.2, 0.25) is 0 Å². The Bertz CT molecular complexity index is 2480. The van der Waals surface area contributed by atoms with Gasteiger partial charge in [-0.1, -0.05) is 84.9 Å². The summed E-state index contributed by atoms with van der Waals surface area (Å²) in [5.41, 5.74) is 4.44. The number of pyridine rings is 1. The van der Waals surface area contributed by atoms with Gasteiger partial charge < -0.3 is 4.42 Å². The number of rotatable bonds is 3. The smallest absolute Gasteiger partial charge is 0.164 e. The fraction of sp³-hybridized carbons (Fsp3) is 0. The van der Waals surface area contributed by atoms with Crippen molar-refractivity contribution >= 4 is 64.2 Å². The summed E-state index contributed by atoms with van der Waals surface area (Å²) in [4.78, 5) is 19.5. The largest absolute Gasteiger partial charge is 0.456 e. The molecule has 0 bridgehead atoms. The van der Waals surface area contributed by atoms with Gasteiger partial charge in [0.15, 0.2) is 17.5 Å². The van der Waals surface area contributed by atoms with E-state index >= 15 is 0 Å². The third-order valence-electron chi connectivity index (χ3n) is 7.82. The molecule has 0 saturated heterocycles. The summed E-state index contributed by atoms with van der Waals surface area (Å²) in [5, 5.41) is 6.80. The number of fused-ring (bicyclic) bond motifs is 8. The molecule has 5 nitrogen and oxygen atoms in total. The van der Waals surface area contributed by atoms with Crippen LogP contribution in [0.5, 0.6) is 0 Å². The molecule has 9 rings (SSSR count). The number of aromatic nitrogens is 4. The summed E-state index contributed by atoms with van der Waals surface area (Å²) in [6.45, 7) is 0. The first-order valence-corrected chi connectivity index (χ1v) is 14.5. The highest BCUT2D eigenvalue weighted by molar-refractivity contribution is 7.26. The molecule has 0 amide bonds. The van der Waals surface area contributed by atoms with Crippen LogP contribution in [0, 0.1) is 0 Å². The van der Waals surface area contributed by atoms with Gasteiger partial charge >= 0.3 is 0 Å². The fourth-order valence-corrected chi connectivity index (χ4v) is 7.04. The van der Waals surface area contributed by atoms with Gasteiger partial charge in [0.05, 0.1) is 0 Å². The monoisotopic (exact) mass is 556 g/mol. The average molecular weight is 557 g/mol. The number of furan rings is 1. The number of para-hydroxylation sites is 1. The molecule has 0 N–H and O–H groups in total. The van der Waals surface area contributed by atoms with E-state index in [2.05, 4.69) is 53.5 Å². The first-order valence-electron chi connectivity index (χ1n) is 13.7. The second-order valence-electron chi connectivity index (χ2n) is 10.3. The van der Waals surface area contributed by atoms with Crippen LogP contribution in [-0.4, -0.2) is 19.9 Å². The first-order chi connectivity index (χ1) is 20.8. The zero-order valence-corrected chi connectivity index (χ0v) is 23.0. The Morgan fingerprint density at radius 3 is 2.26 bits per heavy atom. The van der Waals surface area contributed by atoms with E-state index in [0.717, 1.165) is 38.6 Å². The van der Waals surface area contributed by atoms with E-state index < -0.39 is 0 Å². The Kier molecular flexibility index (Phi) is 5.00. The maximum Gasteiger partial charge on any atom is 0.164 e. The van der Waals surface area contributed by atoms with Crippen LogP contribution in [0.15, 0.2) is 126 Å². The van der Waals surface area contributed by atoms with E-state index in [-0.39, 0.29) is 0 Å². The van der Waals surface area contributed by atoms with Gasteiger partial charge in [0.1, 0.15) is 11.2 Å². The molecule has 4 aromatic heterocycles. The molecule has 42 heavy (non-hydrogen) atoms. The summed E-state index contributed by atoms with van der Waals surface area (Å²) in [7, 11) is 0. The third-order valence-corrected chi connectivity index (χ3v) is 9.04. The second-order valence-corrected chi connectivity index (χ2v) is 11.4. The van der Waals surface area contributed by atoms with Gasteiger partial charge in [-0.25, -0.2) is 15.0 Å². The Balaban J connectivity index is 1.31. The van der Waals surface area contributed by atoms with Gasteiger partial charge in [-0.05, 0) is 29.7 Å². The average Bonchev–Trinajstić information content (AvgIpc) is 3.63. The highest BCUT2D eigenvalue weighted by atomic mass is 32.1. The summed E-state index contributed by atoms with van der Waals surface area (Å²) in [5.74, 6) is 1.87. The van der Waals surface area contributed by atoms with Crippen molar-refractivity contribution in [1.29, 1.82) is 0 Å². The van der Waals surface area contributed by atoms with Gasteiger partial charge in [0.25, 0.3) is 0 Å². The zero-order chi connectivity index (χ0) is 27.6. The highest BCUT2D eigenvalue weighted by Crippen LogP contribution is 2.40. The van der Waals surface area contributed by atoms with Crippen LogP contribution in [0.25, 0.3) is 87.0 Å². The fourth-order valence-electron chi connectivity index (χ4n) is 5.84. The van der Waals surface area contributed by atoms with Crippen LogP contribution in [0.3, 0.4) is 0 Å². The van der Waals surface area contributed by atoms with Crippen molar-refractivity contribution in [3.05, 3.63) is 122 Å². The van der Waals surface area contributed by atoms with Crippen LogP contribution in [0.4, 0.5) is 0 Å². The molecule has 0 aliphatic heterocycles. The van der Waals surface area contributed by atoms with Crippen molar-refractivity contribution in [3.63, 3.8) is 0 Å². The van der Waals surface area contributed by atoms with Gasteiger partial charge in [-0.3, -0.25) is 4.98 Å². The van der Waals surface area contributed by atoms with Crippen molar-refractivity contribution in [1.82, 2.24) is 19.9 Å². The number of nitrogens with zero attached hydrogens (tertiary/aromatic N) is 4. The molecule has 196 valence electrons. The van der Waals surface area contributed by atoms with Crippen LogP contribution < -0.4 is 0 Å². The molecule has 0 fully saturated rings. The van der Waals surface area contributed by atoms with E-state index in [1.54, 1.807) is 11.3 Å². The maximum absolute atomic E-state index is 6.18. The van der Waals surface area contributed by atoms with E-state index in [1.807, 2.05) is 73.1 Å². The van der Waals surface area contributed by atoms with E-state index in [0.29, 0.717) is 17.5 Å². The molecule has 4 heterocycles. The Morgan fingerprint density at radius 2 is 1.33 bits per heavy atom. The molecule has 0 radical (unpaired) electrons. The number of hydrogen-bond donors (Lipinski definition) is 0. The molecule has 0 aliphatic rings. The van der Waals surface area contributed by atoms with E-state index in [1.165, 1.54) is 30.9 Å². The van der Waals surface area contributed by atoms with Crippen molar-refractivity contribution in [2.45, 2.75) is 0 Å². The lowest BCUT2D eigenvalue weighted by Gasteiger charge is -2.10. The molecular weight excluding hydrogens is 536 g/mol. The topological polar surface area (TPSA) is 64.7 Å². The SMILES string of the molecule is c1ccc(-c2nc(-c3ccc4ccc5c6cnccc6sc5c4c3)nc(-c3cccc4oc5ccccc5c34)n2)cc1. The minimum Gasteiger partial charge on any atom is -0.456 e. The molecule has 6 heteroatoms. The van der Waals surface area contributed by atoms with E-state index in [9.17, 15) is 0 Å². The predicted molar refractivity (Wildman–Crippen MR) is 172 cm³/mol. The quantitative estimate of drug-likeness (QED) is 0.217. The molecular formula is C36H20N4OS. The first kappa shape index (κ1) is 23.3. The van der Waals surface area contributed by atoms with Crippen LogP contribution in [-0.2, 0) is 0 Å². The number of hydrogen-bond acceptors (Lipinski definition) is 6. The zero-order valence-electron chi connectivity index (χ0n) is 22.2. The molecule has 0 unspecified atom stereocenters. The summed E-state index contributed by atoms with van der Waals surface area (Å²) in [6.07, 6.45) is 3.81. The number of benzene rings is 5. The minimum atomic E-state index is 0.613. The van der Waals surface area contributed by atoms with Crippen molar-refractivity contribution in [3.8, 4) is 34.2 Å². The summed E-state index contributed by atoms with van der Waals surface area (Å²) < 4.78 is 8.65. The summed E-state index contributed by atoms with van der Waals surface area (Å²) >= 11 is 1.79. The van der Waals surface area contributed by atoms with Crippen molar-refractivity contribution in [2.24, 2.45) is 0 Å². The lowest BCUT2D eigenvalue weighted by Crippen LogP contribution is -2.00. The Morgan fingerprint density at radius 1 is 0.548 bits per heavy atom. The lowest BCUT2D eigenvalue weighted by molar-refractivity contribution is 0.669. The normalized spacial score (nSPS) is 11.8. The number of thiophene rings is 1. The second kappa shape index (κ2) is 9.03. The highest BCUT2D eigenvalue weighted by Gasteiger charge is 2.18. The van der Waals surface area contributed by atoms with Gasteiger partial charge in [-0.15, -0.1) is 11.3 Å². The van der Waals surface area contributed by atoms with Gasteiger partial charge in [0, 0.05) is 65.4 Å². The standard InChI is InChI=1S/C36H20N4OS/c1-2-7-22(8-3-1)34-38-35(40-36(39-34)26-10-6-12-30-32(26)25-9-4-5-11-29(25)41-30)23-14-13-21-15-16-24-28-20-37-18-17-31(28)42-33(24)27(21)19-23/h1-20H. The maximum atomic E-state index is 6.18. The van der Waals surface area contributed by atoms with Gasteiger partial charge in [0.2, 0.25) is 0 Å². The third kappa shape index (κ3) is 3.56. The Hall–Kier alpha value is -5.46. The van der Waals surface area contributed by atoms with Crippen molar-refractivity contribution in [2.75, 3.05) is 0 Å².